The van der Waals surface area contributed by atoms with Crippen molar-refractivity contribution in [2.75, 3.05) is 6.61 Å². The van der Waals surface area contributed by atoms with E-state index in [1.807, 2.05) is 10.6 Å². The van der Waals surface area contributed by atoms with Crippen LogP contribution in [0, 0.1) is 0 Å². The largest absolute Gasteiger partial charge is 0.408 e. The quantitative estimate of drug-likeness (QED) is 0.347. The molecule has 1 aliphatic rings. The fraction of sp³-hybridized carbons (Fsp3) is 0.619. The lowest BCUT2D eigenvalue weighted by molar-refractivity contribution is 0.0903. The molecular formula is C21H31BrN2O2Si. The van der Waals surface area contributed by atoms with Crippen molar-refractivity contribution in [3.8, 4) is 0 Å². The predicted octanol–water partition coefficient (Wildman–Crippen LogP) is 6.35. The van der Waals surface area contributed by atoms with Crippen molar-refractivity contribution in [1.29, 1.82) is 0 Å². The van der Waals surface area contributed by atoms with Gasteiger partial charge in [-0.25, -0.2) is 4.98 Å². The van der Waals surface area contributed by atoms with Gasteiger partial charge in [-0.15, -0.1) is 0 Å². The van der Waals surface area contributed by atoms with E-state index in [1.54, 1.807) is 0 Å². The number of pyridine rings is 1. The van der Waals surface area contributed by atoms with Crippen LogP contribution in [0.15, 0.2) is 22.9 Å². The number of carbonyl (C=O) groups is 1. The third-order valence-corrected chi connectivity index (χ3v) is 12.7. The molecule has 0 saturated heterocycles. The van der Waals surface area contributed by atoms with Crippen molar-refractivity contribution in [1.82, 2.24) is 9.38 Å². The molecule has 0 spiro atoms. The third kappa shape index (κ3) is 3.94. The zero-order valence-electron chi connectivity index (χ0n) is 17.3. The van der Waals surface area contributed by atoms with Crippen LogP contribution in [0.4, 0.5) is 0 Å². The van der Waals surface area contributed by atoms with Gasteiger partial charge in [0.1, 0.15) is 5.69 Å². The highest BCUT2D eigenvalue weighted by Gasteiger charge is 2.45. The van der Waals surface area contributed by atoms with Crippen molar-refractivity contribution < 1.29 is 9.22 Å². The molecule has 0 N–H and O–H groups in total. The van der Waals surface area contributed by atoms with Crippen molar-refractivity contribution in [3.63, 3.8) is 0 Å². The molecule has 2 aromatic rings. The summed E-state index contributed by atoms with van der Waals surface area (Å²) in [6, 6.07) is 2.14. The molecule has 4 nitrogen and oxygen atoms in total. The summed E-state index contributed by atoms with van der Waals surface area (Å²) in [6.07, 6.45) is 6.45. The molecule has 1 aliphatic carbocycles. The summed E-state index contributed by atoms with van der Waals surface area (Å²) in [5.41, 5.74) is 3.98. The summed E-state index contributed by atoms with van der Waals surface area (Å²) in [4.78, 5) is 17.4. The Morgan fingerprint density at radius 1 is 1.19 bits per heavy atom. The van der Waals surface area contributed by atoms with Crippen LogP contribution in [0.3, 0.4) is 0 Å². The van der Waals surface area contributed by atoms with Crippen molar-refractivity contribution in [2.24, 2.45) is 0 Å². The summed E-state index contributed by atoms with van der Waals surface area (Å²) in [7, 11) is -2.05. The van der Waals surface area contributed by atoms with E-state index in [9.17, 15) is 4.79 Å². The average Bonchev–Trinajstić information content (AvgIpc) is 3.33. The van der Waals surface area contributed by atoms with Gasteiger partial charge in [0.05, 0.1) is 11.1 Å². The Balaban J connectivity index is 1.82. The maximum Gasteiger partial charge on any atom is 0.207 e. The van der Waals surface area contributed by atoms with E-state index >= 15 is 0 Å². The van der Waals surface area contributed by atoms with Gasteiger partial charge >= 0.3 is 0 Å². The van der Waals surface area contributed by atoms with Gasteiger partial charge < -0.3 is 8.83 Å². The molecule has 1 fully saturated rings. The van der Waals surface area contributed by atoms with Gasteiger partial charge in [0.15, 0.2) is 5.65 Å². The zero-order chi connectivity index (χ0) is 19.9. The van der Waals surface area contributed by atoms with Gasteiger partial charge in [0.2, 0.25) is 14.1 Å². The standard InChI is InChI=1S/C21H31BrN2O2Si/c1-13(2)27(14(3)4,15(5)6)26-12-20(25)19-11-24-10-17(16-7-8-16)9-18(22)21(24)23-19/h9-11,13-16H,7-8,12H2,1-6H3. The molecule has 3 rings (SSSR count). The molecule has 0 aromatic carbocycles. The lowest BCUT2D eigenvalue weighted by Crippen LogP contribution is -2.48. The molecule has 0 atom stereocenters. The van der Waals surface area contributed by atoms with Gasteiger partial charge in [-0.3, -0.25) is 4.79 Å². The minimum atomic E-state index is -2.05. The second kappa shape index (κ2) is 7.80. The Labute approximate surface area is 172 Å². The molecule has 1 saturated carbocycles. The minimum absolute atomic E-state index is 0.0302. The Kier molecular flexibility index (Phi) is 5.99. The highest BCUT2D eigenvalue weighted by atomic mass is 79.9. The normalized spacial score (nSPS) is 15.5. The van der Waals surface area contributed by atoms with Crippen LogP contribution < -0.4 is 0 Å². The van der Waals surface area contributed by atoms with Gasteiger partial charge in [-0.1, -0.05) is 41.5 Å². The van der Waals surface area contributed by atoms with E-state index in [0.717, 1.165) is 10.1 Å². The number of ketones is 1. The molecule has 148 valence electrons. The van der Waals surface area contributed by atoms with Crippen molar-refractivity contribution in [2.45, 2.75) is 76.9 Å². The number of hydrogen-bond acceptors (Lipinski definition) is 3. The molecule has 27 heavy (non-hydrogen) atoms. The summed E-state index contributed by atoms with van der Waals surface area (Å²) in [6.45, 7) is 13.5. The predicted molar refractivity (Wildman–Crippen MR) is 116 cm³/mol. The third-order valence-electron chi connectivity index (χ3n) is 6.02. The zero-order valence-corrected chi connectivity index (χ0v) is 19.8. The highest BCUT2D eigenvalue weighted by molar-refractivity contribution is 9.10. The lowest BCUT2D eigenvalue weighted by Gasteiger charge is -2.41. The fourth-order valence-electron chi connectivity index (χ4n) is 4.62. The molecule has 6 heteroatoms. The first-order chi connectivity index (χ1) is 12.7. The topological polar surface area (TPSA) is 43.6 Å². The van der Waals surface area contributed by atoms with Crippen LogP contribution in [0.25, 0.3) is 5.65 Å². The summed E-state index contributed by atoms with van der Waals surface area (Å²) in [5.74, 6) is 0.628. The Hall–Kier alpha value is -0.983. The lowest BCUT2D eigenvalue weighted by atomic mass is 10.2. The summed E-state index contributed by atoms with van der Waals surface area (Å²) in [5, 5.41) is 0. The van der Waals surface area contributed by atoms with Crippen LogP contribution in [0.2, 0.25) is 16.6 Å². The summed E-state index contributed by atoms with van der Waals surface area (Å²) < 4.78 is 9.38. The van der Waals surface area contributed by atoms with E-state index in [0.29, 0.717) is 28.2 Å². The number of fused-ring (bicyclic) bond motifs is 1. The number of aromatic nitrogens is 2. The smallest absolute Gasteiger partial charge is 0.207 e. The molecule has 2 heterocycles. The summed E-state index contributed by atoms with van der Waals surface area (Å²) >= 11 is 3.62. The van der Waals surface area contributed by atoms with E-state index in [4.69, 9.17) is 4.43 Å². The first-order valence-electron chi connectivity index (χ1n) is 10.0. The number of nitrogens with zero attached hydrogens (tertiary/aromatic N) is 2. The first kappa shape index (κ1) is 20.7. The van der Waals surface area contributed by atoms with Gasteiger partial charge in [-0.2, -0.15) is 0 Å². The number of hydrogen-bond donors (Lipinski definition) is 0. The van der Waals surface area contributed by atoms with Crippen LogP contribution in [-0.4, -0.2) is 30.1 Å². The number of carbonyl (C=O) groups excluding carboxylic acids is 1. The Morgan fingerprint density at radius 3 is 2.30 bits per heavy atom. The van der Waals surface area contributed by atoms with E-state index < -0.39 is 8.32 Å². The van der Waals surface area contributed by atoms with Crippen LogP contribution in [0.5, 0.6) is 0 Å². The van der Waals surface area contributed by atoms with Crippen LogP contribution in [0.1, 0.15) is 76.4 Å². The highest BCUT2D eigenvalue weighted by Crippen LogP contribution is 2.42. The van der Waals surface area contributed by atoms with Gasteiger partial charge in [0, 0.05) is 12.4 Å². The molecule has 0 bridgehead atoms. The molecule has 0 aliphatic heterocycles. The maximum atomic E-state index is 12.9. The van der Waals surface area contributed by atoms with Gasteiger partial charge in [0.25, 0.3) is 0 Å². The van der Waals surface area contributed by atoms with E-state index in [2.05, 4.69) is 74.7 Å². The average molecular weight is 451 g/mol. The number of Topliss-reactive ketones (excluding diaryl/α,β-unsaturated/α-hetero) is 1. The monoisotopic (exact) mass is 450 g/mol. The number of imidazole rings is 1. The van der Waals surface area contributed by atoms with E-state index in [-0.39, 0.29) is 12.4 Å². The SMILES string of the molecule is CC(C)[Si](OCC(=O)c1cn2cc(C3CC3)cc(Br)c2n1)(C(C)C)C(C)C. The molecule has 2 aromatic heterocycles. The van der Waals surface area contributed by atoms with Crippen molar-refractivity contribution >= 4 is 35.7 Å². The number of rotatable bonds is 8. The molecule has 0 radical (unpaired) electrons. The van der Waals surface area contributed by atoms with Crippen LogP contribution in [-0.2, 0) is 4.43 Å². The molecule has 0 amide bonds. The maximum absolute atomic E-state index is 12.9. The molecule has 0 unspecified atom stereocenters. The van der Waals surface area contributed by atoms with Gasteiger partial charge in [-0.05, 0) is 62.9 Å². The second-order valence-corrected chi connectivity index (χ2v) is 15.1. The Bertz CT molecular complexity index is 818. The number of halogens is 1. The first-order valence-corrected chi connectivity index (χ1v) is 12.9. The van der Waals surface area contributed by atoms with Crippen molar-refractivity contribution in [3.05, 3.63) is 34.2 Å². The fourth-order valence-corrected chi connectivity index (χ4v) is 10.6. The Morgan fingerprint density at radius 2 is 1.78 bits per heavy atom. The minimum Gasteiger partial charge on any atom is -0.408 e. The second-order valence-electron chi connectivity index (χ2n) is 8.78. The van der Waals surface area contributed by atoms with E-state index in [1.165, 1.54) is 18.4 Å². The van der Waals surface area contributed by atoms with Crippen LogP contribution >= 0.6 is 15.9 Å². The molecular weight excluding hydrogens is 420 g/mol.